The molecule has 0 amide bonds. The molecule has 28 heavy (non-hydrogen) atoms. The number of benzene rings is 1. The number of para-hydroxylation sites is 1. The molecule has 0 unspecified atom stereocenters. The first-order chi connectivity index (χ1) is 13.8. The van der Waals surface area contributed by atoms with Gasteiger partial charge in [0.25, 0.3) is 0 Å². The maximum absolute atomic E-state index is 6.41. The fourth-order valence-corrected chi connectivity index (χ4v) is 4.68. The number of aromatic amines is 1. The Morgan fingerprint density at radius 1 is 1.18 bits per heavy atom. The lowest BCUT2D eigenvalue weighted by molar-refractivity contribution is -0.101. The van der Waals surface area contributed by atoms with Crippen LogP contribution < -0.4 is 5.32 Å². The van der Waals surface area contributed by atoms with Gasteiger partial charge in [-0.1, -0.05) is 18.2 Å². The maximum Gasteiger partial charge on any atom is 0.222 e. The summed E-state index contributed by atoms with van der Waals surface area (Å²) in [7, 11) is 0. The van der Waals surface area contributed by atoms with Gasteiger partial charge in [-0.3, -0.25) is 4.90 Å². The fraction of sp³-hybridized carbons (Fsp3) is 0.455. The van der Waals surface area contributed by atoms with E-state index in [0.717, 1.165) is 57.6 Å². The number of anilines is 1. The van der Waals surface area contributed by atoms with E-state index in [4.69, 9.17) is 4.74 Å². The Balaban J connectivity index is 1.31. The minimum absolute atomic E-state index is 0.158. The molecule has 146 valence electrons. The average Bonchev–Trinajstić information content (AvgIpc) is 3.12. The van der Waals surface area contributed by atoms with Gasteiger partial charge < -0.3 is 15.0 Å². The third-order valence-electron chi connectivity index (χ3n) is 6.11. The minimum atomic E-state index is -0.158. The molecule has 6 heteroatoms. The topological polar surface area (TPSA) is 66.1 Å². The molecule has 1 aromatic carbocycles. The molecule has 2 aliphatic heterocycles. The van der Waals surface area contributed by atoms with Gasteiger partial charge in [0.1, 0.15) is 5.60 Å². The first-order valence-electron chi connectivity index (χ1n) is 10.3. The van der Waals surface area contributed by atoms with Crippen LogP contribution >= 0.6 is 0 Å². The molecule has 1 fully saturated rings. The standard InChI is InChI=1S/C22H27N5O/c1-2-23-21-24-13-16(14-25-21)15-27-10-8-22(9-11-27)20-18(7-12-28-22)17-5-3-4-6-19(17)26-20/h3-6,13-14,26H,2,7-12,15H2,1H3,(H,23,24,25). The van der Waals surface area contributed by atoms with Gasteiger partial charge in [-0.25, -0.2) is 9.97 Å². The summed E-state index contributed by atoms with van der Waals surface area (Å²) in [6.07, 6.45) is 6.90. The van der Waals surface area contributed by atoms with Crippen molar-refractivity contribution in [1.82, 2.24) is 19.9 Å². The summed E-state index contributed by atoms with van der Waals surface area (Å²) >= 11 is 0. The quantitative estimate of drug-likeness (QED) is 0.729. The molecule has 2 aliphatic rings. The normalized spacial score (nSPS) is 19.0. The van der Waals surface area contributed by atoms with Crippen LogP contribution in [0, 0.1) is 0 Å². The van der Waals surface area contributed by atoms with E-state index in [2.05, 4.69) is 49.4 Å². The number of H-pyrrole nitrogens is 1. The average molecular weight is 377 g/mol. The second kappa shape index (κ2) is 7.18. The largest absolute Gasteiger partial charge is 0.368 e. The number of hydrogen-bond donors (Lipinski definition) is 2. The van der Waals surface area contributed by atoms with Crippen LogP contribution in [-0.2, 0) is 23.3 Å². The van der Waals surface area contributed by atoms with E-state index in [1.165, 1.54) is 22.2 Å². The van der Waals surface area contributed by atoms with Crippen LogP contribution in [0.15, 0.2) is 36.7 Å². The molecule has 6 nitrogen and oxygen atoms in total. The molecule has 2 aromatic heterocycles. The number of nitrogens with one attached hydrogen (secondary N) is 2. The van der Waals surface area contributed by atoms with Crippen LogP contribution in [0.1, 0.15) is 36.6 Å². The highest BCUT2D eigenvalue weighted by Gasteiger charge is 2.42. The molecule has 0 saturated carbocycles. The van der Waals surface area contributed by atoms with Crippen molar-refractivity contribution in [3.8, 4) is 0 Å². The van der Waals surface area contributed by atoms with Crippen molar-refractivity contribution in [2.24, 2.45) is 0 Å². The SMILES string of the molecule is CCNc1ncc(CN2CCC3(CC2)OCCc2c3[nH]c3ccccc23)cn1. The predicted molar refractivity (Wildman–Crippen MR) is 110 cm³/mol. The van der Waals surface area contributed by atoms with Gasteiger partial charge in [0, 0.05) is 55.0 Å². The molecule has 1 saturated heterocycles. The van der Waals surface area contributed by atoms with Crippen molar-refractivity contribution in [3.63, 3.8) is 0 Å². The lowest BCUT2D eigenvalue weighted by atomic mass is 9.83. The molecular weight excluding hydrogens is 350 g/mol. The zero-order valence-corrected chi connectivity index (χ0v) is 16.4. The Labute approximate surface area is 165 Å². The number of piperidine rings is 1. The Morgan fingerprint density at radius 2 is 1.96 bits per heavy atom. The van der Waals surface area contributed by atoms with Gasteiger partial charge >= 0.3 is 0 Å². The first kappa shape index (κ1) is 17.6. The zero-order valence-electron chi connectivity index (χ0n) is 16.4. The number of aromatic nitrogens is 3. The maximum atomic E-state index is 6.41. The molecular formula is C22H27N5O. The van der Waals surface area contributed by atoms with Crippen molar-refractivity contribution in [2.45, 2.75) is 38.3 Å². The Morgan fingerprint density at radius 3 is 2.75 bits per heavy atom. The molecule has 5 rings (SSSR count). The molecule has 3 aromatic rings. The van der Waals surface area contributed by atoms with Gasteiger partial charge in [-0.15, -0.1) is 0 Å². The van der Waals surface area contributed by atoms with Crippen molar-refractivity contribution >= 4 is 16.9 Å². The first-order valence-corrected chi connectivity index (χ1v) is 10.3. The number of hydrogen-bond acceptors (Lipinski definition) is 5. The summed E-state index contributed by atoms with van der Waals surface area (Å²) in [5.74, 6) is 0.700. The Kier molecular flexibility index (Phi) is 4.53. The van der Waals surface area contributed by atoms with E-state index in [0.29, 0.717) is 5.95 Å². The highest BCUT2D eigenvalue weighted by atomic mass is 16.5. The van der Waals surface area contributed by atoms with Crippen LogP contribution in [0.3, 0.4) is 0 Å². The summed E-state index contributed by atoms with van der Waals surface area (Å²) in [5.41, 5.74) is 5.01. The van der Waals surface area contributed by atoms with Gasteiger partial charge in [0.15, 0.2) is 0 Å². The molecule has 0 bridgehead atoms. The zero-order chi connectivity index (χ0) is 19.0. The third kappa shape index (κ3) is 3.06. The summed E-state index contributed by atoms with van der Waals surface area (Å²) in [6, 6.07) is 8.64. The van der Waals surface area contributed by atoms with Crippen LogP contribution in [-0.4, -0.2) is 46.1 Å². The van der Waals surface area contributed by atoms with Crippen molar-refractivity contribution < 1.29 is 4.74 Å². The molecule has 0 radical (unpaired) electrons. The highest BCUT2D eigenvalue weighted by molar-refractivity contribution is 5.85. The van der Waals surface area contributed by atoms with E-state index < -0.39 is 0 Å². The van der Waals surface area contributed by atoms with Crippen LogP contribution in [0.2, 0.25) is 0 Å². The number of ether oxygens (including phenoxy) is 1. The molecule has 4 heterocycles. The number of nitrogens with zero attached hydrogens (tertiary/aromatic N) is 3. The summed E-state index contributed by atoms with van der Waals surface area (Å²) in [5, 5.41) is 4.50. The van der Waals surface area contributed by atoms with E-state index in [1.54, 1.807) is 0 Å². The Hall–Kier alpha value is -2.44. The van der Waals surface area contributed by atoms with Gasteiger partial charge in [-0.2, -0.15) is 0 Å². The van der Waals surface area contributed by atoms with E-state index in [-0.39, 0.29) is 5.60 Å². The van der Waals surface area contributed by atoms with Gasteiger partial charge in [0.2, 0.25) is 5.95 Å². The summed E-state index contributed by atoms with van der Waals surface area (Å²) in [4.78, 5) is 15.0. The van der Waals surface area contributed by atoms with Gasteiger partial charge in [-0.05, 0) is 37.8 Å². The second-order valence-electron chi connectivity index (χ2n) is 7.84. The van der Waals surface area contributed by atoms with Crippen molar-refractivity contribution in [2.75, 3.05) is 31.6 Å². The summed E-state index contributed by atoms with van der Waals surface area (Å²) < 4.78 is 6.41. The Bertz CT molecular complexity index is 957. The molecule has 0 atom stereocenters. The fourth-order valence-electron chi connectivity index (χ4n) is 4.68. The lowest BCUT2D eigenvalue weighted by Gasteiger charge is -2.43. The molecule has 0 aliphatic carbocycles. The smallest absolute Gasteiger partial charge is 0.222 e. The number of fused-ring (bicyclic) bond motifs is 4. The summed E-state index contributed by atoms with van der Waals surface area (Å²) in [6.45, 7) is 6.63. The third-order valence-corrected chi connectivity index (χ3v) is 6.11. The predicted octanol–water partition coefficient (Wildman–Crippen LogP) is 3.45. The van der Waals surface area contributed by atoms with Crippen molar-refractivity contribution in [3.05, 3.63) is 53.5 Å². The van der Waals surface area contributed by atoms with E-state index >= 15 is 0 Å². The van der Waals surface area contributed by atoms with Crippen LogP contribution in [0.4, 0.5) is 5.95 Å². The monoisotopic (exact) mass is 377 g/mol. The second-order valence-corrected chi connectivity index (χ2v) is 7.84. The number of rotatable bonds is 4. The lowest BCUT2D eigenvalue weighted by Crippen LogP contribution is -2.46. The van der Waals surface area contributed by atoms with Crippen molar-refractivity contribution in [1.29, 1.82) is 0 Å². The number of likely N-dealkylation sites (tertiary alicyclic amines) is 1. The molecule has 2 N–H and O–H groups in total. The van der Waals surface area contributed by atoms with Crippen LogP contribution in [0.5, 0.6) is 0 Å². The van der Waals surface area contributed by atoms with E-state index in [9.17, 15) is 0 Å². The van der Waals surface area contributed by atoms with Crippen LogP contribution in [0.25, 0.3) is 10.9 Å². The highest BCUT2D eigenvalue weighted by Crippen LogP contribution is 2.43. The van der Waals surface area contributed by atoms with E-state index in [1.807, 2.05) is 19.3 Å². The molecule has 1 spiro atoms. The minimum Gasteiger partial charge on any atom is -0.368 e. The van der Waals surface area contributed by atoms with Gasteiger partial charge in [0.05, 0.1) is 12.3 Å².